The van der Waals surface area contributed by atoms with E-state index in [0.29, 0.717) is 32.7 Å². The second kappa shape index (κ2) is 9.78. The number of carbonyl (C=O) groups excluding carboxylic acids is 2. The van der Waals surface area contributed by atoms with E-state index in [2.05, 4.69) is 10.6 Å². The van der Waals surface area contributed by atoms with E-state index in [1.807, 2.05) is 61.5 Å². The third kappa shape index (κ3) is 5.49. The van der Waals surface area contributed by atoms with Crippen LogP contribution in [-0.2, 0) is 11.2 Å². The zero-order valence-electron chi connectivity index (χ0n) is 16.2. The highest BCUT2D eigenvalue weighted by Gasteiger charge is 2.30. The van der Waals surface area contributed by atoms with E-state index in [0.717, 1.165) is 17.9 Å². The molecule has 0 saturated carbocycles. The Labute approximate surface area is 165 Å². The molecule has 2 N–H and O–H groups in total. The quantitative estimate of drug-likeness (QED) is 0.739. The monoisotopic (exact) mass is 381 g/mol. The van der Waals surface area contributed by atoms with Crippen LogP contribution < -0.4 is 20.3 Å². The Bertz CT molecular complexity index is 777. The third-order valence-electron chi connectivity index (χ3n) is 4.76. The van der Waals surface area contributed by atoms with Crippen LogP contribution in [0.15, 0.2) is 54.6 Å². The molecule has 6 nitrogen and oxygen atoms in total. The molecule has 1 heterocycles. The van der Waals surface area contributed by atoms with Crippen molar-refractivity contribution in [3.8, 4) is 5.75 Å². The lowest BCUT2D eigenvalue weighted by molar-refractivity contribution is -0.117. The van der Waals surface area contributed by atoms with E-state index in [1.165, 1.54) is 5.56 Å². The molecule has 0 bridgehead atoms. The molecule has 2 aromatic rings. The Kier molecular flexibility index (Phi) is 6.89. The SMILES string of the molecule is CCOc1ccc(N2C[C@@H](CNC(=O)NCCc3ccccc3)CC2=O)cc1. The number of nitrogens with one attached hydrogen (secondary N) is 2. The number of nitrogens with zero attached hydrogens (tertiary/aromatic N) is 1. The highest BCUT2D eigenvalue weighted by Crippen LogP contribution is 2.26. The maximum atomic E-state index is 12.3. The number of urea groups is 1. The number of ether oxygens (including phenoxy) is 1. The van der Waals surface area contributed by atoms with Gasteiger partial charge in [-0.2, -0.15) is 0 Å². The molecule has 2 aromatic carbocycles. The predicted octanol–water partition coefficient (Wildman–Crippen LogP) is 2.98. The summed E-state index contributed by atoms with van der Waals surface area (Å²) in [5, 5.41) is 5.75. The third-order valence-corrected chi connectivity index (χ3v) is 4.76. The summed E-state index contributed by atoms with van der Waals surface area (Å²) in [6.45, 7) is 4.22. The van der Waals surface area contributed by atoms with Gasteiger partial charge >= 0.3 is 6.03 Å². The van der Waals surface area contributed by atoms with Crippen LogP contribution >= 0.6 is 0 Å². The van der Waals surface area contributed by atoms with Crippen molar-refractivity contribution in [1.82, 2.24) is 10.6 Å². The summed E-state index contributed by atoms with van der Waals surface area (Å²) in [7, 11) is 0. The first kappa shape index (κ1) is 19.7. The topological polar surface area (TPSA) is 70.7 Å². The normalized spacial score (nSPS) is 16.1. The molecule has 1 atom stereocenters. The number of anilines is 1. The smallest absolute Gasteiger partial charge is 0.314 e. The largest absolute Gasteiger partial charge is 0.494 e. The predicted molar refractivity (Wildman–Crippen MR) is 110 cm³/mol. The Morgan fingerprint density at radius 3 is 2.57 bits per heavy atom. The lowest BCUT2D eigenvalue weighted by Gasteiger charge is -2.17. The van der Waals surface area contributed by atoms with E-state index in [1.54, 1.807) is 4.90 Å². The molecule has 3 amide bonds. The lowest BCUT2D eigenvalue weighted by atomic mass is 10.1. The van der Waals surface area contributed by atoms with Crippen LogP contribution in [0.1, 0.15) is 18.9 Å². The molecule has 1 saturated heterocycles. The van der Waals surface area contributed by atoms with Gasteiger partial charge in [0.15, 0.2) is 0 Å². The fraction of sp³-hybridized carbons (Fsp3) is 0.364. The molecule has 0 spiro atoms. The van der Waals surface area contributed by atoms with E-state index < -0.39 is 0 Å². The molecule has 1 aliphatic heterocycles. The fourth-order valence-electron chi connectivity index (χ4n) is 3.32. The number of hydrogen-bond acceptors (Lipinski definition) is 3. The Balaban J connectivity index is 1.40. The average molecular weight is 381 g/mol. The first-order valence-corrected chi connectivity index (χ1v) is 9.74. The molecular formula is C22H27N3O3. The molecular weight excluding hydrogens is 354 g/mol. The van der Waals surface area contributed by atoms with E-state index >= 15 is 0 Å². The van der Waals surface area contributed by atoms with Crippen LogP contribution in [0.4, 0.5) is 10.5 Å². The van der Waals surface area contributed by atoms with Crippen molar-refractivity contribution < 1.29 is 14.3 Å². The fourth-order valence-corrected chi connectivity index (χ4v) is 3.32. The molecule has 0 aromatic heterocycles. The lowest BCUT2D eigenvalue weighted by Crippen LogP contribution is -2.39. The summed E-state index contributed by atoms with van der Waals surface area (Å²) in [6, 6.07) is 17.4. The number of benzene rings is 2. The van der Waals surface area contributed by atoms with Crippen LogP contribution in [0.5, 0.6) is 5.75 Å². The van der Waals surface area contributed by atoms with E-state index in [-0.39, 0.29) is 17.9 Å². The second-order valence-corrected chi connectivity index (χ2v) is 6.87. The number of amides is 3. The summed E-state index contributed by atoms with van der Waals surface area (Å²) in [6.07, 6.45) is 1.24. The maximum Gasteiger partial charge on any atom is 0.314 e. The van der Waals surface area contributed by atoms with Crippen molar-refractivity contribution in [2.45, 2.75) is 19.8 Å². The second-order valence-electron chi connectivity index (χ2n) is 6.87. The molecule has 1 fully saturated rings. The van der Waals surface area contributed by atoms with Crippen LogP contribution in [0.25, 0.3) is 0 Å². The Morgan fingerprint density at radius 1 is 1.11 bits per heavy atom. The van der Waals surface area contributed by atoms with Crippen molar-refractivity contribution >= 4 is 17.6 Å². The van der Waals surface area contributed by atoms with E-state index in [9.17, 15) is 9.59 Å². The van der Waals surface area contributed by atoms with Crippen LogP contribution in [0.3, 0.4) is 0 Å². The van der Waals surface area contributed by atoms with Gasteiger partial charge in [0.1, 0.15) is 5.75 Å². The van der Waals surface area contributed by atoms with Gasteiger partial charge < -0.3 is 20.3 Å². The minimum absolute atomic E-state index is 0.0837. The molecule has 0 aliphatic carbocycles. The summed E-state index contributed by atoms with van der Waals surface area (Å²) >= 11 is 0. The number of hydrogen-bond donors (Lipinski definition) is 2. The van der Waals surface area contributed by atoms with Crippen molar-refractivity contribution in [3.63, 3.8) is 0 Å². The van der Waals surface area contributed by atoms with Crippen molar-refractivity contribution in [1.29, 1.82) is 0 Å². The molecule has 0 unspecified atom stereocenters. The summed E-state index contributed by atoms with van der Waals surface area (Å²) in [5.74, 6) is 0.989. The van der Waals surface area contributed by atoms with Gasteiger partial charge in [0.2, 0.25) is 5.91 Å². The zero-order chi connectivity index (χ0) is 19.8. The minimum Gasteiger partial charge on any atom is -0.494 e. The molecule has 28 heavy (non-hydrogen) atoms. The van der Waals surface area contributed by atoms with Gasteiger partial charge in [0, 0.05) is 37.7 Å². The first-order valence-electron chi connectivity index (χ1n) is 9.74. The summed E-state index contributed by atoms with van der Waals surface area (Å²) < 4.78 is 5.44. The van der Waals surface area contributed by atoms with Gasteiger partial charge in [-0.15, -0.1) is 0 Å². The number of carbonyl (C=O) groups is 2. The van der Waals surface area contributed by atoms with E-state index in [4.69, 9.17) is 4.74 Å². The summed E-state index contributed by atoms with van der Waals surface area (Å²) in [5.41, 5.74) is 2.05. The summed E-state index contributed by atoms with van der Waals surface area (Å²) in [4.78, 5) is 26.1. The highest BCUT2D eigenvalue weighted by molar-refractivity contribution is 5.95. The van der Waals surface area contributed by atoms with Crippen molar-refractivity contribution in [2.24, 2.45) is 5.92 Å². The van der Waals surface area contributed by atoms with Gasteiger partial charge in [-0.3, -0.25) is 4.79 Å². The van der Waals surface area contributed by atoms with Crippen LogP contribution in [-0.4, -0.2) is 38.2 Å². The Hall–Kier alpha value is -3.02. The molecule has 6 heteroatoms. The maximum absolute atomic E-state index is 12.3. The van der Waals surface area contributed by atoms with Crippen LogP contribution in [0.2, 0.25) is 0 Å². The van der Waals surface area contributed by atoms with Gasteiger partial charge in [-0.25, -0.2) is 4.79 Å². The van der Waals surface area contributed by atoms with Gasteiger partial charge in [-0.1, -0.05) is 30.3 Å². The van der Waals surface area contributed by atoms with Crippen molar-refractivity contribution in [3.05, 3.63) is 60.2 Å². The minimum atomic E-state index is -0.192. The zero-order valence-corrected chi connectivity index (χ0v) is 16.2. The first-order chi connectivity index (χ1) is 13.7. The van der Waals surface area contributed by atoms with Gasteiger partial charge in [0.25, 0.3) is 0 Å². The van der Waals surface area contributed by atoms with Gasteiger partial charge in [-0.05, 0) is 43.2 Å². The molecule has 0 radical (unpaired) electrons. The Morgan fingerprint density at radius 2 is 1.86 bits per heavy atom. The molecule has 1 aliphatic rings. The van der Waals surface area contributed by atoms with Crippen LogP contribution in [0, 0.1) is 5.92 Å². The molecule has 3 rings (SSSR count). The standard InChI is InChI=1S/C22H27N3O3/c1-2-28-20-10-8-19(9-11-20)25-16-18(14-21(25)26)15-24-22(27)23-13-12-17-6-4-3-5-7-17/h3-11,18H,2,12-16H2,1H3,(H2,23,24,27)/t18-/m1/s1. The molecule has 148 valence electrons. The highest BCUT2D eigenvalue weighted by atomic mass is 16.5. The van der Waals surface area contributed by atoms with Crippen molar-refractivity contribution in [2.75, 3.05) is 31.1 Å². The van der Waals surface area contributed by atoms with Gasteiger partial charge in [0.05, 0.1) is 6.61 Å². The average Bonchev–Trinajstić information content (AvgIpc) is 3.09. The number of rotatable bonds is 8.